The molecule has 0 aromatic heterocycles. The van der Waals surface area contributed by atoms with E-state index in [2.05, 4.69) is 4.99 Å². The molecule has 114 valence electrons. The van der Waals surface area contributed by atoms with Gasteiger partial charge in [-0.2, -0.15) is 0 Å². The Hall–Kier alpha value is -2.82. The number of hydrogen-bond acceptors (Lipinski definition) is 5. The SMILES string of the molecule is CC(=N)c1cc(C(C)=Nc2ccc(C)cc2O)c(O)cc1O. The van der Waals surface area contributed by atoms with Gasteiger partial charge in [-0.3, -0.25) is 0 Å². The monoisotopic (exact) mass is 298 g/mol. The number of aryl methyl sites for hydroxylation is 1. The molecule has 0 aliphatic heterocycles. The second kappa shape index (κ2) is 5.89. The molecule has 22 heavy (non-hydrogen) atoms. The van der Waals surface area contributed by atoms with Gasteiger partial charge in [0.25, 0.3) is 0 Å². The van der Waals surface area contributed by atoms with Crippen molar-refractivity contribution in [2.24, 2.45) is 4.99 Å². The minimum atomic E-state index is -0.153. The zero-order valence-corrected chi connectivity index (χ0v) is 12.7. The number of phenolic OH excluding ortho intramolecular Hbond substituents is 3. The molecule has 0 radical (unpaired) electrons. The number of aromatic hydroxyl groups is 3. The lowest BCUT2D eigenvalue weighted by Gasteiger charge is -2.10. The number of nitrogens with zero attached hydrogens (tertiary/aromatic N) is 1. The third kappa shape index (κ3) is 3.09. The van der Waals surface area contributed by atoms with Crippen molar-refractivity contribution in [1.29, 1.82) is 5.41 Å². The second-order valence-electron chi connectivity index (χ2n) is 5.20. The maximum atomic E-state index is 9.99. The van der Waals surface area contributed by atoms with Crippen LogP contribution in [0.25, 0.3) is 0 Å². The molecule has 0 saturated carbocycles. The minimum absolute atomic E-state index is 0.0566. The van der Waals surface area contributed by atoms with Crippen LogP contribution < -0.4 is 0 Å². The fraction of sp³-hybridized carbons (Fsp3) is 0.176. The summed E-state index contributed by atoms with van der Waals surface area (Å²) >= 11 is 0. The van der Waals surface area contributed by atoms with E-state index in [0.717, 1.165) is 5.56 Å². The Bertz CT molecular complexity index is 780. The Labute approximate surface area is 128 Å². The first-order valence-corrected chi connectivity index (χ1v) is 6.76. The van der Waals surface area contributed by atoms with Crippen molar-refractivity contribution >= 4 is 17.1 Å². The number of hydrogen-bond donors (Lipinski definition) is 4. The van der Waals surface area contributed by atoms with Gasteiger partial charge in [0.1, 0.15) is 22.9 Å². The summed E-state index contributed by atoms with van der Waals surface area (Å²) < 4.78 is 0. The van der Waals surface area contributed by atoms with Crippen molar-refractivity contribution in [3.05, 3.63) is 47.0 Å². The summed E-state index contributed by atoms with van der Waals surface area (Å²) in [6.07, 6.45) is 0. The molecule has 2 aromatic rings. The molecule has 0 atom stereocenters. The van der Waals surface area contributed by atoms with Gasteiger partial charge >= 0.3 is 0 Å². The molecular formula is C17H18N2O3. The van der Waals surface area contributed by atoms with Crippen LogP contribution in [0.5, 0.6) is 17.2 Å². The molecule has 0 saturated heterocycles. The van der Waals surface area contributed by atoms with Crippen LogP contribution in [0.15, 0.2) is 35.3 Å². The van der Waals surface area contributed by atoms with Crippen molar-refractivity contribution in [1.82, 2.24) is 0 Å². The summed E-state index contributed by atoms with van der Waals surface area (Å²) in [6, 6.07) is 7.83. The van der Waals surface area contributed by atoms with Crippen LogP contribution in [0, 0.1) is 12.3 Å². The summed E-state index contributed by atoms with van der Waals surface area (Å²) in [7, 11) is 0. The van der Waals surface area contributed by atoms with Crippen molar-refractivity contribution in [3.63, 3.8) is 0 Å². The molecule has 0 fully saturated rings. The number of phenols is 3. The zero-order valence-electron chi connectivity index (χ0n) is 12.7. The highest BCUT2D eigenvalue weighted by atomic mass is 16.3. The van der Waals surface area contributed by atoms with Gasteiger partial charge in [0.05, 0.1) is 0 Å². The first kappa shape index (κ1) is 15.6. The molecule has 0 spiro atoms. The normalized spacial score (nSPS) is 11.5. The number of nitrogens with one attached hydrogen (secondary N) is 1. The standard InChI is InChI=1S/C17H18N2O3/c1-9-4-5-14(17(22)6-9)19-11(3)13-7-12(10(2)18)15(20)8-16(13)21/h4-8,18,20-22H,1-3H3. The van der Waals surface area contributed by atoms with E-state index in [0.29, 0.717) is 22.5 Å². The van der Waals surface area contributed by atoms with E-state index in [-0.39, 0.29) is 23.0 Å². The second-order valence-corrected chi connectivity index (χ2v) is 5.20. The van der Waals surface area contributed by atoms with E-state index in [9.17, 15) is 15.3 Å². The average Bonchev–Trinajstić information content (AvgIpc) is 2.41. The summed E-state index contributed by atoms with van der Waals surface area (Å²) in [5.41, 5.74) is 2.70. The Morgan fingerprint density at radius 1 is 0.909 bits per heavy atom. The largest absolute Gasteiger partial charge is 0.507 e. The maximum absolute atomic E-state index is 9.99. The van der Waals surface area contributed by atoms with E-state index in [4.69, 9.17) is 5.41 Å². The molecule has 2 aromatic carbocycles. The lowest BCUT2D eigenvalue weighted by atomic mass is 10.0. The summed E-state index contributed by atoms with van der Waals surface area (Å²) in [5, 5.41) is 37.3. The maximum Gasteiger partial charge on any atom is 0.141 e. The highest BCUT2D eigenvalue weighted by Gasteiger charge is 2.13. The zero-order chi connectivity index (χ0) is 16.4. The van der Waals surface area contributed by atoms with Crippen molar-refractivity contribution in [2.75, 3.05) is 0 Å². The fourth-order valence-corrected chi connectivity index (χ4v) is 2.14. The van der Waals surface area contributed by atoms with Gasteiger partial charge in [0, 0.05) is 28.6 Å². The smallest absolute Gasteiger partial charge is 0.141 e. The first-order valence-electron chi connectivity index (χ1n) is 6.76. The third-order valence-corrected chi connectivity index (χ3v) is 3.33. The van der Waals surface area contributed by atoms with Crippen LogP contribution in [0.2, 0.25) is 0 Å². The minimum Gasteiger partial charge on any atom is -0.507 e. The van der Waals surface area contributed by atoms with Crippen LogP contribution in [0.4, 0.5) is 5.69 Å². The van der Waals surface area contributed by atoms with E-state index < -0.39 is 0 Å². The lowest BCUT2D eigenvalue weighted by Crippen LogP contribution is -2.00. The Morgan fingerprint density at radius 3 is 2.14 bits per heavy atom. The number of aliphatic imine (C=N–C) groups is 1. The predicted octanol–water partition coefficient (Wildman–Crippen LogP) is 3.64. The molecule has 0 bridgehead atoms. The average molecular weight is 298 g/mol. The van der Waals surface area contributed by atoms with Crippen LogP contribution in [-0.4, -0.2) is 26.7 Å². The van der Waals surface area contributed by atoms with Crippen molar-refractivity contribution in [2.45, 2.75) is 20.8 Å². The van der Waals surface area contributed by atoms with E-state index in [1.807, 2.05) is 13.0 Å². The molecule has 4 N–H and O–H groups in total. The van der Waals surface area contributed by atoms with E-state index in [1.54, 1.807) is 26.0 Å². The van der Waals surface area contributed by atoms with Crippen LogP contribution in [0.3, 0.4) is 0 Å². The molecule has 0 aliphatic rings. The topological polar surface area (TPSA) is 96.9 Å². The van der Waals surface area contributed by atoms with E-state index >= 15 is 0 Å². The lowest BCUT2D eigenvalue weighted by molar-refractivity contribution is 0.449. The molecule has 0 aliphatic carbocycles. The number of rotatable bonds is 3. The molecule has 0 unspecified atom stereocenters. The highest BCUT2D eigenvalue weighted by Crippen LogP contribution is 2.31. The molecule has 2 rings (SSSR count). The summed E-state index contributed by atoms with van der Waals surface area (Å²) in [5.74, 6) is -0.226. The molecule has 0 amide bonds. The highest BCUT2D eigenvalue weighted by molar-refractivity contribution is 6.06. The van der Waals surface area contributed by atoms with Crippen LogP contribution in [-0.2, 0) is 0 Å². The van der Waals surface area contributed by atoms with Crippen molar-refractivity contribution < 1.29 is 15.3 Å². The van der Waals surface area contributed by atoms with Gasteiger partial charge in [0.2, 0.25) is 0 Å². The van der Waals surface area contributed by atoms with Gasteiger partial charge in [0.15, 0.2) is 0 Å². The summed E-state index contributed by atoms with van der Waals surface area (Å²) in [4.78, 5) is 4.32. The Kier molecular flexibility index (Phi) is 4.17. The molecule has 0 heterocycles. The molecule has 5 nitrogen and oxygen atoms in total. The fourth-order valence-electron chi connectivity index (χ4n) is 2.14. The number of benzene rings is 2. The Morgan fingerprint density at radius 2 is 1.55 bits per heavy atom. The van der Waals surface area contributed by atoms with E-state index in [1.165, 1.54) is 12.1 Å². The first-order chi connectivity index (χ1) is 10.3. The molecular weight excluding hydrogens is 280 g/mol. The predicted molar refractivity (Wildman–Crippen MR) is 87.0 cm³/mol. The third-order valence-electron chi connectivity index (χ3n) is 3.33. The van der Waals surface area contributed by atoms with Crippen molar-refractivity contribution in [3.8, 4) is 17.2 Å². The van der Waals surface area contributed by atoms with Gasteiger partial charge < -0.3 is 20.7 Å². The quantitative estimate of drug-likeness (QED) is 0.651. The van der Waals surface area contributed by atoms with Gasteiger partial charge in [-0.05, 0) is 44.5 Å². The van der Waals surface area contributed by atoms with Crippen LogP contribution in [0.1, 0.15) is 30.5 Å². The summed E-state index contributed by atoms with van der Waals surface area (Å²) in [6.45, 7) is 5.10. The Balaban J connectivity index is 2.53. The van der Waals surface area contributed by atoms with Gasteiger partial charge in [-0.25, -0.2) is 4.99 Å². The van der Waals surface area contributed by atoms with Crippen LogP contribution >= 0.6 is 0 Å². The van der Waals surface area contributed by atoms with Gasteiger partial charge in [-0.15, -0.1) is 0 Å². The molecule has 5 heteroatoms. The van der Waals surface area contributed by atoms with Gasteiger partial charge in [-0.1, -0.05) is 6.07 Å².